The molecule has 0 radical (unpaired) electrons. The van der Waals surface area contributed by atoms with E-state index >= 15 is 0 Å². The molecule has 0 spiro atoms. The molecule has 2 rings (SSSR count). The topological polar surface area (TPSA) is 42.0 Å². The van der Waals surface area contributed by atoms with Crippen molar-refractivity contribution in [3.05, 3.63) is 23.7 Å². The molecule has 0 aliphatic heterocycles. The van der Waals surface area contributed by atoms with Crippen molar-refractivity contribution in [1.29, 1.82) is 0 Å². The molecular weight excluding hydrogens is 220 g/mol. The molecule has 1 aromatic carbocycles. The second-order valence-corrected chi connectivity index (χ2v) is 4.57. The molecule has 0 aliphatic carbocycles. The first-order valence-corrected chi connectivity index (χ1v) is 6.30. The monoisotopic (exact) mass is 234 g/mol. The largest absolute Gasteiger partial charge is 0.326 e. The Morgan fingerprint density at radius 2 is 2.38 bits per heavy atom. The van der Waals surface area contributed by atoms with Gasteiger partial charge < -0.3 is 5.32 Å². The van der Waals surface area contributed by atoms with Gasteiger partial charge in [-0.05, 0) is 24.6 Å². The van der Waals surface area contributed by atoms with E-state index in [1.165, 1.54) is 0 Å². The van der Waals surface area contributed by atoms with Crippen LogP contribution in [0, 0.1) is 0 Å². The smallest absolute Gasteiger partial charge is 0.224 e. The van der Waals surface area contributed by atoms with E-state index in [0.29, 0.717) is 6.42 Å². The number of fused-ring (bicyclic) bond motifs is 1. The van der Waals surface area contributed by atoms with Gasteiger partial charge in [0.1, 0.15) is 0 Å². The number of benzene rings is 1. The van der Waals surface area contributed by atoms with Crippen molar-refractivity contribution >= 4 is 33.1 Å². The third kappa shape index (κ3) is 2.58. The molecule has 1 amide bonds. The molecule has 0 unspecified atom stereocenters. The van der Waals surface area contributed by atoms with Gasteiger partial charge in [-0.1, -0.05) is 13.3 Å². The highest BCUT2D eigenvalue weighted by atomic mass is 32.1. The number of thiazole rings is 1. The van der Waals surface area contributed by atoms with Gasteiger partial charge in [-0.25, -0.2) is 4.98 Å². The predicted octanol–water partition coefficient (Wildman–Crippen LogP) is 3.43. The van der Waals surface area contributed by atoms with Crippen LogP contribution in [0.3, 0.4) is 0 Å². The fourth-order valence-corrected chi connectivity index (χ4v) is 2.16. The highest BCUT2D eigenvalue weighted by Gasteiger charge is 2.03. The lowest BCUT2D eigenvalue weighted by atomic mass is 10.2. The number of rotatable bonds is 4. The number of amides is 1. The van der Waals surface area contributed by atoms with Crippen LogP contribution < -0.4 is 5.32 Å². The highest BCUT2D eigenvalue weighted by Crippen LogP contribution is 2.21. The van der Waals surface area contributed by atoms with E-state index in [4.69, 9.17) is 0 Å². The van der Waals surface area contributed by atoms with Gasteiger partial charge in [-0.3, -0.25) is 4.79 Å². The highest BCUT2D eigenvalue weighted by molar-refractivity contribution is 7.16. The fourth-order valence-electron chi connectivity index (χ4n) is 1.50. The van der Waals surface area contributed by atoms with Crippen molar-refractivity contribution in [2.75, 3.05) is 5.32 Å². The van der Waals surface area contributed by atoms with Gasteiger partial charge >= 0.3 is 0 Å². The van der Waals surface area contributed by atoms with Crippen molar-refractivity contribution in [3.63, 3.8) is 0 Å². The number of aromatic nitrogens is 1. The standard InChI is InChI=1S/C12H14N2OS/c1-2-3-4-12(15)14-9-5-6-11-10(7-9)13-8-16-11/h5-8H,2-4H2,1H3,(H,14,15). The fraction of sp³-hybridized carbons (Fsp3) is 0.333. The second-order valence-electron chi connectivity index (χ2n) is 3.69. The van der Waals surface area contributed by atoms with Crippen molar-refractivity contribution in [2.24, 2.45) is 0 Å². The predicted molar refractivity (Wildman–Crippen MR) is 67.8 cm³/mol. The molecule has 3 nitrogen and oxygen atoms in total. The Labute approximate surface area is 98.5 Å². The SMILES string of the molecule is CCCCC(=O)Nc1ccc2scnc2c1. The molecule has 1 heterocycles. The molecule has 0 atom stereocenters. The number of hydrogen-bond donors (Lipinski definition) is 1. The van der Waals surface area contributed by atoms with E-state index in [9.17, 15) is 4.79 Å². The molecule has 0 aliphatic rings. The molecule has 4 heteroatoms. The first kappa shape index (κ1) is 11.1. The van der Waals surface area contributed by atoms with Gasteiger partial charge in [0.2, 0.25) is 5.91 Å². The van der Waals surface area contributed by atoms with Crippen molar-refractivity contribution in [1.82, 2.24) is 4.98 Å². The normalized spacial score (nSPS) is 10.6. The quantitative estimate of drug-likeness (QED) is 0.880. The Bertz CT molecular complexity index is 492. The third-order valence-electron chi connectivity index (χ3n) is 2.37. The molecule has 1 aromatic heterocycles. The van der Waals surface area contributed by atoms with E-state index in [1.807, 2.05) is 23.7 Å². The molecule has 2 aromatic rings. The number of carbonyl (C=O) groups excluding carboxylic acids is 1. The lowest BCUT2D eigenvalue weighted by Crippen LogP contribution is -2.10. The average molecular weight is 234 g/mol. The summed E-state index contributed by atoms with van der Waals surface area (Å²) in [6.07, 6.45) is 2.56. The minimum atomic E-state index is 0.0800. The van der Waals surface area contributed by atoms with Gasteiger partial charge in [0, 0.05) is 12.1 Å². The lowest BCUT2D eigenvalue weighted by Gasteiger charge is -2.04. The maximum Gasteiger partial charge on any atom is 0.224 e. The molecule has 0 bridgehead atoms. The van der Waals surface area contributed by atoms with Crippen LogP contribution in [0.4, 0.5) is 5.69 Å². The van der Waals surface area contributed by atoms with Crippen LogP contribution in [0.5, 0.6) is 0 Å². The van der Waals surface area contributed by atoms with Crippen LogP contribution in [0.15, 0.2) is 23.7 Å². The van der Waals surface area contributed by atoms with E-state index in [2.05, 4.69) is 17.2 Å². The maximum atomic E-state index is 11.5. The zero-order chi connectivity index (χ0) is 11.4. The Morgan fingerprint density at radius 3 is 3.19 bits per heavy atom. The zero-order valence-corrected chi connectivity index (χ0v) is 10.0. The van der Waals surface area contributed by atoms with Gasteiger partial charge in [0.05, 0.1) is 15.7 Å². The van der Waals surface area contributed by atoms with Crippen molar-refractivity contribution < 1.29 is 4.79 Å². The van der Waals surface area contributed by atoms with Crippen LogP contribution in [0.2, 0.25) is 0 Å². The van der Waals surface area contributed by atoms with E-state index in [1.54, 1.807) is 11.3 Å². The molecule has 84 valence electrons. The Hall–Kier alpha value is -1.42. The minimum absolute atomic E-state index is 0.0800. The molecule has 0 saturated carbocycles. The van der Waals surface area contributed by atoms with Crippen LogP contribution >= 0.6 is 11.3 Å². The maximum absolute atomic E-state index is 11.5. The van der Waals surface area contributed by atoms with Crippen molar-refractivity contribution in [3.8, 4) is 0 Å². The summed E-state index contributed by atoms with van der Waals surface area (Å²) in [6, 6.07) is 5.82. The van der Waals surface area contributed by atoms with Crippen LogP contribution in [-0.4, -0.2) is 10.9 Å². The van der Waals surface area contributed by atoms with Gasteiger partial charge in [0.15, 0.2) is 0 Å². The molecule has 16 heavy (non-hydrogen) atoms. The zero-order valence-electron chi connectivity index (χ0n) is 9.19. The van der Waals surface area contributed by atoms with Gasteiger partial charge in [0.25, 0.3) is 0 Å². The van der Waals surface area contributed by atoms with Crippen LogP contribution in [-0.2, 0) is 4.79 Å². The van der Waals surface area contributed by atoms with Crippen LogP contribution in [0.25, 0.3) is 10.2 Å². The first-order chi connectivity index (χ1) is 7.79. The van der Waals surface area contributed by atoms with E-state index < -0.39 is 0 Å². The summed E-state index contributed by atoms with van der Waals surface area (Å²) < 4.78 is 1.14. The first-order valence-electron chi connectivity index (χ1n) is 5.42. The number of anilines is 1. The van der Waals surface area contributed by atoms with Gasteiger partial charge in [-0.2, -0.15) is 0 Å². The van der Waals surface area contributed by atoms with Crippen LogP contribution in [0.1, 0.15) is 26.2 Å². The number of unbranched alkanes of at least 4 members (excludes halogenated alkanes) is 1. The lowest BCUT2D eigenvalue weighted by molar-refractivity contribution is -0.116. The Balaban J connectivity index is 2.06. The summed E-state index contributed by atoms with van der Waals surface area (Å²) in [5.74, 6) is 0.0800. The number of nitrogens with one attached hydrogen (secondary N) is 1. The number of hydrogen-bond acceptors (Lipinski definition) is 3. The summed E-state index contributed by atoms with van der Waals surface area (Å²) in [5.41, 5.74) is 3.59. The molecule has 0 saturated heterocycles. The molecular formula is C12H14N2OS. The summed E-state index contributed by atoms with van der Waals surface area (Å²) in [7, 11) is 0. The minimum Gasteiger partial charge on any atom is -0.326 e. The summed E-state index contributed by atoms with van der Waals surface area (Å²) in [4.78, 5) is 15.7. The van der Waals surface area contributed by atoms with Crippen molar-refractivity contribution in [2.45, 2.75) is 26.2 Å². The van der Waals surface area contributed by atoms with E-state index in [-0.39, 0.29) is 5.91 Å². The average Bonchev–Trinajstić information content (AvgIpc) is 2.73. The summed E-state index contributed by atoms with van der Waals surface area (Å²) in [5, 5.41) is 2.88. The van der Waals surface area contributed by atoms with E-state index in [0.717, 1.165) is 28.7 Å². The van der Waals surface area contributed by atoms with Gasteiger partial charge in [-0.15, -0.1) is 11.3 Å². The molecule has 0 fully saturated rings. The third-order valence-corrected chi connectivity index (χ3v) is 3.18. The second kappa shape index (κ2) is 5.07. The molecule has 1 N–H and O–H groups in total. The number of nitrogens with zero attached hydrogens (tertiary/aromatic N) is 1. The number of carbonyl (C=O) groups is 1. The Morgan fingerprint density at radius 1 is 1.50 bits per heavy atom. The summed E-state index contributed by atoms with van der Waals surface area (Å²) >= 11 is 1.60. The summed E-state index contributed by atoms with van der Waals surface area (Å²) in [6.45, 7) is 2.08. The Kier molecular flexibility index (Phi) is 3.51.